The summed E-state index contributed by atoms with van der Waals surface area (Å²) in [5.41, 5.74) is 4.24. The molecule has 0 bridgehead atoms. The Morgan fingerprint density at radius 2 is 1.89 bits per heavy atom. The fourth-order valence-corrected chi connectivity index (χ4v) is 3.62. The van der Waals surface area contributed by atoms with Gasteiger partial charge in [0.15, 0.2) is 0 Å². The van der Waals surface area contributed by atoms with Crippen molar-refractivity contribution in [2.45, 2.75) is 20.0 Å². The largest absolute Gasteiger partial charge is 0.356 e. The van der Waals surface area contributed by atoms with E-state index in [1.54, 1.807) is 0 Å². The number of aryl methyl sites for hydroxylation is 1. The minimum absolute atomic E-state index is 0.119. The molecule has 1 aromatic heterocycles. The molecule has 1 N–H and O–H groups in total. The molecule has 0 unspecified atom stereocenters. The average Bonchev–Trinajstić information content (AvgIpc) is 2.97. The Kier molecular flexibility index (Phi) is 5.02. The minimum atomic E-state index is 0.119. The summed E-state index contributed by atoms with van der Waals surface area (Å²) in [6.45, 7) is 4.30. The van der Waals surface area contributed by atoms with E-state index in [2.05, 4.69) is 33.5 Å². The van der Waals surface area contributed by atoms with E-state index >= 15 is 0 Å². The monoisotopic (exact) mass is 375 g/mol. The first-order valence-electron chi connectivity index (χ1n) is 9.59. The molecule has 2 heterocycles. The van der Waals surface area contributed by atoms with Crippen LogP contribution in [0.25, 0.3) is 0 Å². The van der Waals surface area contributed by atoms with Crippen LogP contribution < -0.4 is 10.2 Å². The van der Waals surface area contributed by atoms with Crippen LogP contribution >= 0.6 is 0 Å². The Balaban J connectivity index is 1.58. The summed E-state index contributed by atoms with van der Waals surface area (Å²) in [6, 6.07) is 18.2. The summed E-state index contributed by atoms with van der Waals surface area (Å²) in [7, 11) is 1.92. The van der Waals surface area contributed by atoms with Gasteiger partial charge < -0.3 is 15.1 Å². The van der Waals surface area contributed by atoms with Gasteiger partial charge in [-0.25, -0.2) is 0 Å². The molecule has 0 radical (unpaired) electrons. The number of nitrogens with one attached hydrogen (secondary N) is 1. The molecule has 0 saturated heterocycles. The molecular formula is C22H25N5O. The van der Waals surface area contributed by atoms with Crippen molar-refractivity contribution >= 4 is 23.1 Å². The highest BCUT2D eigenvalue weighted by molar-refractivity contribution is 5.85. The minimum Gasteiger partial charge on any atom is -0.356 e. The van der Waals surface area contributed by atoms with Crippen LogP contribution in [0.4, 0.5) is 17.2 Å². The molecule has 0 fully saturated rings. The van der Waals surface area contributed by atoms with Gasteiger partial charge in [-0.3, -0.25) is 9.48 Å². The Bertz CT molecular complexity index is 966. The van der Waals surface area contributed by atoms with Gasteiger partial charge in [-0.05, 0) is 24.6 Å². The van der Waals surface area contributed by atoms with E-state index in [4.69, 9.17) is 0 Å². The normalized spacial score (nSPS) is 12.6. The molecular weight excluding hydrogens is 350 g/mol. The maximum atomic E-state index is 13.1. The summed E-state index contributed by atoms with van der Waals surface area (Å²) in [5, 5.41) is 7.84. The van der Waals surface area contributed by atoms with Crippen LogP contribution in [0.2, 0.25) is 0 Å². The van der Waals surface area contributed by atoms with Crippen molar-refractivity contribution in [3.8, 4) is 0 Å². The Labute approximate surface area is 165 Å². The molecule has 1 aliphatic rings. The third-order valence-corrected chi connectivity index (χ3v) is 5.15. The molecule has 6 heteroatoms. The van der Waals surface area contributed by atoms with Crippen LogP contribution in [0.15, 0.2) is 60.8 Å². The van der Waals surface area contributed by atoms with E-state index in [0.29, 0.717) is 26.2 Å². The zero-order chi connectivity index (χ0) is 19.5. The lowest BCUT2D eigenvalue weighted by Gasteiger charge is -2.28. The van der Waals surface area contributed by atoms with Crippen molar-refractivity contribution in [2.24, 2.45) is 7.05 Å². The van der Waals surface area contributed by atoms with Crippen LogP contribution in [-0.2, 0) is 24.9 Å². The maximum absolute atomic E-state index is 13.1. The first-order chi connectivity index (χ1) is 13.7. The quantitative estimate of drug-likeness (QED) is 0.741. The molecule has 0 aliphatic carbocycles. The first-order valence-corrected chi connectivity index (χ1v) is 9.59. The summed E-state index contributed by atoms with van der Waals surface area (Å²) < 4.78 is 1.84. The lowest BCUT2D eigenvalue weighted by Crippen LogP contribution is -2.39. The number of aromatic nitrogens is 2. The number of rotatable bonds is 5. The van der Waals surface area contributed by atoms with Crippen molar-refractivity contribution in [3.05, 3.63) is 71.9 Å². The molecule has 4 rings (SSSR count). The third kappa shape index (κ3) is 3.58. The zero-order valence-electron chi connectivity index (χ0n) is 16.3. The highest BCUT2D eigenvalue weighted by atomic mass is 16.2. The molecule has 1 amide bonds. The second kappa shape index (κ2) is 7.76. The predicted octanol–water partition coefficient (Wildman–Crippen LogP) is 3.53. The lowest BCUT2D eigenvalue weighted by molar-refractivity contribution is -0.130. The van der Waals surface area contributed by atoms with Gasteiger partial charge in [-0.1, -0.05) is 42.5 Å². The van der Waals surface area contributed by atoms with Gasteiger partial charge >= 0.3 is 0 Å². The smallest absolute Gasteiger partial charge is 0.242 e. The van der Waals surface area contributed by atoms with Gasteiger partial charge in [0, 0.05) is 32.2 Å². The molecule has 0 atom stereocenters. The number of hydrogen-bond acceptors (Lipinski definition) is 4. The van der Waals surface area contributed by atoms with Gasteiger partial charge in [0.25, 0.3) is 0 Å². The van der Waals surface area contributed by atoms with Gasteiger partial charge in [-0.15, -0.1) is 0 Å². The standard InChI is InChI=1S/C22H25N5O/c1-3-26(14-17-9-5-4-6-10-17)21(28)16-27-15-18-13-23-25(2)22(18)24-19-11-7-8-12-20(19)27/h4-13,24H,3,14-16H2,1-2H3. The van der Waals surface area contributed by atoms with Crippen LogP contribution in [0.3, 0.4) is 0 Å². The Morgan fingerprint density at radius 3 is 2.68 bits per heavy atom. The highest BCUT2D eigenvalue weighted by Gasteiger charge is 2.24. The van der Waals surface area contributed by atoms with Crippen LogP contribution in [0.5, 0.6) is 0 Å². The van der Waals surface area contributed by atoms with Crippen molar-refractivity contribution in [1.82, 2.24) is 14.7 Å². The van der Waals surface area contributed by atoms with E-state index in [9.17, 15) is 4.79 Å². The summed E-state index contributed by atoms with van der Waals surface area (Å²) in [4.78, 5) is 17.2. The van der Waals surface area contributed by atoms with E-state index in [1.807, 2.05) is 66.1 Å². The average molecular weight is 375 g/mol. The van der Waals surface area contributed by atoms with Crippen molar-refractivity contribution in [2.75, 3.05) is 23.3 Å². The Hall–Kier alpha value is -3.28. The highest BCUT2D eigenvalue weighted by Crippen LogP contribution is 2.35. The molecule has 2 aromatic carbocycles. The number of carbonyl (C=O) groups excluding carboxylic acids is 1. The van der Waals surface area contributed by atoms with Gasteiger partial charge in [0.05, 0.1) is 24.1 Å². The number of likely N-dealkylation sites (N-methyl/N-ethyl adjacent to an activating group) is 1. The third-order valence-electron chi connectivity index (χ3n) is 5.15. The van der Waals surface area contributed by atoms with Crippen molar-refractivity contribution in [3.63, 3.8) is 0 Å². The zero-order valence-corrected chi connectivity index (χ0v) is 16.3. The Morgan fingerprint density at radius 1 is 1.14 bits per heavy atom. The number of nitrogens with zero attached hydrogens (tertiary/aromatic N) is 4. The van der Waals surface area contributed by atoms with Gasteiger partial charge in [0.2, 0.25) is 5.91 Å². The molecule has 144 valence electrons. The summed E-state index contributed by atoms with van der Waals surface area (Å²) in [5.74, 6) is 1.09. The number of benzene rings is 2. The predicted molar refractivity (Wildman–Crippen MR) is 112 cm³/mol. The molecule has 3 aromatic rings. The first kappa shape index (κ1) is 18.1. The van der Waals surface area contributed by atoms with E-state index in [0.717, 1.165) is 28.3 Å². The van der Waals surface area contributed by atoms with E-state index in [1.165, 1.54) is 0 Å². The summed E-state index contributed by atoms with van der Waals surface area (Å²) >= 11 is 0. The van der Waals surface area contributed by atoms with Crippen LogP contribution in [-0.4, -0.2) is 33.7 Å². The number of anilines is 3. The van der Waals surface area contributed by atoms with Crippen molar-refractivity contribution < 1.29 is 4.79 Å². The molecule has 0 saturated carbocycles. The molecule has 28 heavy (non-hydrogen) atoms. The fourth-order valence-electron chi connectivity index (χ4n) is 3.62. The molecule has 1 aliphatic heterocycles. The fraction of sp³-hybridized carbons (Fsp3) is 0.273. The maximum Gasteiger partial charge on any atom is 0.242 e. The second-order valence-electron chi connectivity index (χ2n) is 7.03. The number of hydrogen-bond donors (Lipinski definition) is 1. The van der Waals surface area contributed by atoms with Crippen molar-refractivity contribution in [1.29, 1.82) is 0 Å². The number of para-hydroxylation sites is 2. The lowest BCUT2D eigenvalue weighted by atomic mass is 10.2. The summed E-state index contributed by atoms with van der Waals surface area (Å²) in [6.07, 6.45) is 1.87. The number of carbonyl (C=O) groups is 1. The molecule has 6 nitrogen and oxygen atoms in total. The SMILES string of the molecule is CCN(Cc1ccccc1)C(=O)CN1Cc2cnn(C)c2Nc2ccccc21. The van der Waals surface area contributed by atoms with E-state index < -0.39 is 0 Å². The van der Waals surface area contributed by atoms with Gasteiger partial charge in [0.1, 0.15) is 5.82 Å². The number of amides is 1. The van der Waals surface area contributed by atoms with Crippen LogP contribution in [0, 0.1) is 0 Å². The second-order valence-corrected chi connectivity index (χ2v) is 7.03. The van der Waals surface area contributed by atoms with Gasteiger partial charge in [-0.2, -0.15) is 5.10 Å². The topological polar surface area (TPSA) is 53.4 Å². The number of fused-ring (bicyclic) bond motifs is 2. The van der Waals surface area contributed by atoms with E-state index in [-0.39, 0.29) is 5.91 Å². The van der Waals surface area contributed by atoms with Crippen LogP contribution in [0.1, 0.15) is 18.1 Å². The molecule has 0 spiro atoms.